The van der Waals surface area contributed by atoms with Gasteiger partial charge in [0.1, 0.15) is 6.04 Å². The Bertz CT molecular complexity index is 428. The highest BCUT2D eigenvalue weighted by atomic mass is 19.4. The van der Waals surface area contributed by atoms with Crippen LogP contribution in [0.2, 0.25) is 0 Å². The molecule has 2 amide bonds. The Balaban J connectivity index is 1.94. The summed E-state index contributed by atoms with van der Waals surface area (Å²) >= 11 is 0. The van der Waals surface area contributed by atoms with Gasteiger partial charge in [-0.25, -0.2) is 4.79 Å². The molecule has 2 atom stereocenters. The van der Waals surface area contributed by atoms with E-state index in [2.05, 4.69) is 11.7 Å². The van der Waals surface area contributed by atoms with Gasteiger partial charge in [-0.1, -0.05) is 6.92 Å². The number of rotatable bonds is 2. The van der Waals surface area contributed by atoms with Gasteiger partial charge in [0.2, 0.25) is 5.91 Å². The molecule has 2 fully saturated rings. The Kier molecular flexibility index (Phi) is 5.18. The van der Waals surface area contributed by atoms with Crippen LogP contribution >= 0.6 is 0 Å². The monoisotopic (exact) mass is 322 g/mol. The van der Waals surface area contributed by atoms with Crippen molar-refractivity contribution >= 4 is 12.0 Å². The van der Waals surface area contributed by atoms with Crippen LogP contribution in [0.15, 0.2) is 0 Å². The third-order valence-corrected chi connectivity index (χ3v) is 4.10. The number of carbonyl (C=O) groups is 2. The van der Waals surface area contributed by atoms with E-state index in [-0.39, 0.29) is 12.5 Å². The molecule has 2 saturated heterocycles. The van der Waals surface area contributed by atoms with E-state index in [0.29, 0.717) is 31.8 Å². The number of amides is 2. The Morgan fingerprint density at radius 2 is 1.86 bits per heavy atom. The van der Waals surface area contributed by atoms with Gasteiger partial charge in [0.15, 0.2) is 6.61 Å². The topological polar surface area (TPSA) is 49.9 Å². The Morgan fingerprint density at radius 1 is 1.18 bits per heavy atom. The minimum Gasteiger partial charge on any atom is -0.440 e. The zero-order valence-corrected chi connectivity index (χ0v) is 12.6. The molecule has 0 aliphatic carbocycles. The first kappa shape index (κ1) is 16.9. The molecule has 0 unspecified atom stereocenters. The number of nitrogens with zero attached hydrogens (tertiary/aromatic N) is 2. The third-order valence-electron chi connectivity index (χ3n) is 4.10. The van der Waals surface area contributed by atoms with Crippen molar-refractivity contribution in [3.05, 3.63) is 0 Å². The van der Waals surface area contributed by atoms with Gasteiger partial charge >= 0.3 is 12.3 Å². The Labute approximate surface area is 127 Å². The van der Waals surface area contributed by atoms with Crippen molar-refractivity contribution < 1.29 is 27.5 Å². The molecule has 2 aliphatic rings. The van der Waals surface area contributed by atoms with Gasteiger partial charge in [0, 0.05) is 19.6 Å². The van der Waals surface area contributed by atoms with Gasteiger partial charge in [-0.15, -0.1) is 0 Å². The van der Waals surface area contributed by atoms with E-state index in [1.54, 1.807) is 4.90 Å². The van der Waals surface area contributed by atoms with Crippen molar-refractivity contribution in [2.24, 2.45) is 5.92 Å². The van der Waals surface area contributed by atoms with Gasteiger partial charge in [-0.05, 0) is 31.6 Å². The van der Waals surface area contributed by atoms with Crippen LogP contribution in [0.25, 0.3) is 0 Å². The molecule has 5 nitrogen and oxygen atoms in total. The van der Waals surface area contributed by atoms with Crippen LogP contribution in [-0.2, 0) is 9.53 Å². The third kappa shape index (κ3) is 4.27. The molecule has 8 heteroatoms. The molecule has 2 heterocycles. The number of ether oxygens (including phenoxy) is 1. The average molecular weight is 322 g/mol. The van der Waals surface area contributed by atoms with Crippen molar-refractivity contribution in [1.29, 1.82) is 0 Å². The summed E-state index contributed by atoms with van der Waals surface area (Å²) in [5.74, 6) is 0.234. The number of alkyl halides is 3. The highest BCUT2D eigenvalue weighted by Crippen LogP contribution is 2.24. The molecule has 2 rings (SSSR count). The van der Waals surface area contributed by atoms with Crippen molar-refractivity contribution in [1.82, 2.24) is 9.80 Å². The van der Waals surface area contributed by atoms with Crippen LogP contribution in [0.3, 0.4) is 0 Å². The summed E-state index contributed by atoms with van der Waals surface area (Å²) in [5.41, 5.74) is 0. The number of piperidine rings is 1. The second-order valence-electron chi connectivity index (χ2n) is 6.05. The maximum absolute atomic E-state index is 12.5. The fourth-order valence-corrected chi connectivity index (χ4v) is 3.07. The molecule has 0 bridgehead atoms. The van der Waals surface area contributed by atoms with Crippen molar-refractivity contribution in [3.63, 3.8) is 0 Å². The fourth-order valence-electron chi connectivity index (χ4n) is 3.07. The van der Waals surface area contributed by atoms with Gasteiger partial charge in [-0.2, -0.15) is 13.2 Å². The van der Waals surface area contributed by atoms with Crippen LogP contribution in [0, 0.1) is 5.92 Å². The predicted octanol–water partition coefficient (Wildman–Crippen LogP) is 2.41. The summed E-state index contributed by atoms with van der Waals surface area (Å²) in [5, 5.41) is 0. The number of carbonyl (C=O) groups excluding carboxylic acids is 2. The molecular weight excluding hydrogens is 301 g/mol. The molecule has 126 valence electrons. The first-order valence-electron chi connectivity index (χ1n) is 7.57. The second-order valence-corrected chi connectivity index (χ2v) is 6.05. The van der Waals surface area contributed by atoms with Crippen LogP contribution in [0.4, 0.5) is 18.0 Å². The van der Waals surface area contributed by atoms with Crippen molar-refractivity contribution in [2.75, 3.05) is 26.2 Å². The molecule has 0 N–H and O–H groups in total. The van der Waals surface area contributed by atoms with Crippen LogP contribution in [-0.4, -0.2) is 60.3 Å². The lowest BCUT2D eigenvalue weighted by Crippen LogP contribution is -2.50. The lowest BCUT2D eigenvalue weighted by atomic mass is 9.99. The fraction of sp³-hybridized carbons (Fsp3) is 0.857. The quantitative estimate of drug-likeness (QED) is 0.784. The maximum atomic E-state index is 12.5. The summed E-state index contributed by atoms with van der Waals surface area (Å²) in [7, 11) is 0. The van der Waals surface area contributed by atoms with E-state index in [1.165, 1.54) is 0 Å². The first-order chi connectivity index (χ1) is 10.3. The largest absolute Gasteiger partial charge is 0.440 e. The summed E-state index contributed by atoms with van der Waals surface area (Å²) in [6, 6.07) is -0.689. The Hall–Kier alpha value is -1.47. The van der Waals surface area contributed by atoms with E-state index in [1.807, 2.05) is 0 Å². The predicted molar refractivity (Wildman–Crippen MR) is 72.1 cm³/mol. The molecule has 0 aromatic heterocycles. The van der Waals surface area contributed by atoms with E-state index in [9.17, 15) is 22.8 Å². The zero-order valence-electron chi connectivity index (χ0n) is 12.6. The van der Waals surface area contributed by atoms with Gasteiger partial charge < -0.3 is 9.64 Å². The minimum absolute atomic E-state index is 0.173. The smallest absolute Gasteiger partial charge is 0.422 e. The molecule has 2 aliphatic heterocycles. The molecule has 0 spiro atoms. The zero-order chi connectivity index (χ0) is 16.3. The lowest BCUT2D eigenvalue weighted by Gasteiger charge is -2.34. The summed E-state index contributed by atoms with van der Waals surface area (Å²) < 4.78 is 40.6. The van der Waals surface area contributed by atoms with Gasteiger partial charge in [-0.3, -0.25) is 9.69 Å². The molecule has 0 aromatic rings. The number of hydrogen-bond donors (Lipinski definition) is 0. The molecule has 22 heavy (non-hydrogen) atoms. The van der Waals surface area contributed by atoms with Gasteiger partial charge in [0.25, 0.3) is 0 Å². The van der Waals surface area contributed by atoms with Crippen molar-refractivity contribution in [2.45, 2.75) is 44.8 Å². The number of halogens is 3. The average Bonchev–Trinajstić information content (AvgIpc) is 2.92. The highest BCUT2D eigenvalue weighted by Gasteiger charge is 2.39. The summed E-state index contributed by atoms with van der Waals surface area (Å²) in [6.45, 7) is 1.98. The van der Waals surface area contributed by atoms with Crippen molar-refractivity contribution in [3.8, 4) is 0 Å². The lowest BCUT2D eigenvalue weighted by molar-refractivity contribution is -0.163. The first-order valence-corrected chi connectivity index (χ1v) is 7.57. The Morgan fingerprint density at radius 3 is 2.50 bits per heavy atom. The van der Waals surface area contributed by atoms with E-state index in [4.69, 9.17) is 0 Å². The van der Waals surface area contributed by atoms with Gasteiger partial charge in [0.05, 0.1) is 0 Å². The molecule has 0 radical (unpaired) electrons. The molecule has 0 aromatic carbocycles. The number of likely N-dealkylation sites (tertiary alicyclic amines) is 2. The highest BCUT2D eigenvalue weighted by molar-refractivity contribution is 5.86. The normalized spacial score (nSPS) is 26.2. The SMILES string of the molecule is C[C@H]1CCCN(C(=O)[C@H]2CCCN2C(=O)OCC(F)(F)F)C1. The van der Waals surface area contributed by atoms with E-state index < -0.39 is 24.9 Å². The maximum Gasteiger partial charge on any atom is 0.422 e. The van der Waals surface area contributed by atoms with E-state index >= 15 is 0 Å². The van der Waals surface area contributed by atoms with E-state index in [0.717, 1.165) is 17.7 Å². The van der Waals surface area contributed by atoms with Crippen LogP contribution < -0.4 is 0 Å². The summed E-state index contributed by atoms with van der Waals surface area (Å²) in [4.78, 5) is 27.2. The summed E-state index contributed by atoms with van der Waals surface area (Å²) in [6.07, 6.45) is -2.56. The molecular formula is C14H21F3N2O3. The van der Waals surface area contributed by atoms with Crippen LogP contribution in [0.5, 0.6) is 0 Å². The number of hydrogen-bond acceptors (Lipinski definition) is 3. The minimum atomic E-state index is -4.56. The standard InChI is InChI=1S/C14H21F3N2O3/c1-10-4-2-6-18(8-10)12(20)11-5-3-7-19(11)13(21)22-9-14(15,16)17/h10-11H,2-9H2,1H3/t10-,11+/m0/s1. The van der Waals surface area contributed by atoms with Crippen LogP contribution in [0.1, 0.15) is 32.6 Å². The molecule has 0 saturated carbocycles. The second kappa shape index (κ2) is 6.75.